The first-order valence-corrected chi connectivity index (χ1v) is 6.83. The highest BCUT2D eigenvalue weighted by atomic mass is 32.1. The molecular weight excluding hydrogens is 218 g/mol. The van der Waals surface area contributed by atoms with Crippen molar-refractivity contribution in [3.05, 3.63) is 0 Å². The van der Waals surface area contributed by atoms with Crippen LogP contribution in [0.25, 0.3) is 0 Å². The molecule has 16 heavy (non-hydrogen) atoms. The second-order valence-electron chi connectivity index (χ2n) is 5.11. The van der Waals surface area contributed by atoms with Gasteiger partial charge < -0.3 is 10.6 Å². The Morgan fingerprint density at radius 2 is 1.62 bits per heavy atom. The van der Waals surface area contributed by atoms with Crippen LogP contribution in [0, 0.1) is 0 Å². The first-order chi connectivity index (χ1) is 7.66. The summed E-state index contributed by atoms with van der Waals surface area (Å²) in [4.78, 5) is 6.01. The Morgan fingerprint density at radius 3 is 2.12 bits per heavy atom. The van der Waals surface area contributed by atoms with Gasteiger partial charge in [0.25, 0.3) is 0 Å². The molecule has 0 aromatic rings. The van der Waals surface area contributed by atoms with Gasteiger partial charge in [-0.2, -0.15) is 0 Å². The van der Waals surface area contributed by atoms with Gasteiger partial charge in [0.2, 0.25) is 0 Å². The molecule has 1 heterocycles. The zero-order chi connectivity index (χ0) is 11.5. The molecule has 1 aliphatic carbocycles. The van der Waals surface area contributed by atoms with Gasteiger partial charge in [0.05, 0.1) is 4.99 Å². The first-order valence-electron chi connectivity index (χ1n) is 6.42. The van der Waals surface area contributed by atoms with Gasteiger partial charge >= 0.3 is 0 Å². The molecule has 0 amide bonds. The standard InChI is InChI=1S/C12H23N3S/c1-10(16)14-6-8-15(9-7-14)12-4-2-11(13)3-5-12/h11-12H,2-9,13H2,1H3. The Morgan fingerprint density at radius 1 is 1.06 bits per heavy atom. The van der Waals surface area contributed by atoms with Crippen LogP contribution in [0.2, 0.25) is 0 Å². The van der Waals surface area contributed by atoms with Crippen LogP contribution in [-0.4, -0.2) is 53.1 Å². The van der Waals surface area contributed by atoms with E-state index in [-0.39, 0.29) is 0 Å². The molecule has 2 rings (SSSR count). The lowest BCUT2D eigenvalue weighted by atomic mass is 9.90. The predicted octanol–water partition coefficient (Wildman–Crippen LogP) is 1.22. The molecule has 0 unspecified atom stereocenters. The van der Waals surface area contributed by atoms with Crippen molar-refractivity contribution in [2.24, 2.45) is 5.73 Å². The number of rotatable bonds is 1. The zero-order valence-electron chi connectivity index (χ0n) is 10.2. The third kappa shape index (κ3) is 2.93. The number of hydrogen-bond acceptors (Lipinski definition) is 3. The summed E-state index contributed by atoms with van der Waals surface area (Å²) >= 11 is 5.22. The van der Waals surface area contributed by atoms with Gasteiger partial charge in [-0.25, -0.2) is 0 Å². The monoisotopic (exact) mass is 241 g/mol. The van der Waals surface area contributed by atoms with Crippen LogP contribution < -0.4 is 5.73 Å². The van der Waals surface area contributed by atoms with Gasteiger partial charge in [0.1, 0.15) is 0 Å². The van der Waals surface area contributed by atoms with Gasteiger partial charge in [0.15, 0.2) is 0 Å². The van der Waals surface area contributed by atoms with Crippen LogP contribution in [0.4, 0.5) is 0 Å². The molecular formula is C12H23N3S. The maximum atomic E-state index is 5.94. The van der Waals surface area contributed by atoms with E-state index in [0.29, 0.717) is 6.04 Å². The first kappa shape index (κ1) is 12.3. The minimum absolute atomic E-state index is 0.459. The van der Waals surface area contributed by atoms with Crippen molar-refractivity contribution in [3.8, 4) is 0 Å². The molecule has 0 bridgehead atoms. The normalized spacial score (nSPS) is 32.8. The van der Waals surface area contributed by atoms with Gasteiger partial charge in [-0.3, -0.25) is 4.90 Å². The summed E-state index contributed by atoms with van der Waals surface area (Å²) in [6, 6.07) is 1.24. The molecule has 0 aromatic carbocycles. The molecule has 1 saturated carbocycles. The number of hydrogen-bond donors (Lipinski definition) is 1. The Bertz CT molecular complexity index is 241. The fourth-order valence-corrected chi connectivity index (χ4v) is 3.05. The molecule has 92 valence electrons. The second kappa shape index (κ2) is 5.43. The highest BCUT2D eigenvalue weighted by molar-refractivity contribution is 7.80. The highest BCUT2D eigenvalue weighted by Crippen LogP contribution is 2.23. The zero-order valence-corrected chi connectivity index (χ0v) is 11.0. The lowest BCUT2D eigenvalue weighted by Gasteiger charge is -2.42. The van der Waals surface area contributed by atoms with Crippen LogP contribution in [0.5, 0.6) is 0 Å². The summed E-state index contributed by atoms with van der Waals surface area (Å²) in [6.07, 6.45) is 4.99. The Kier molecular flexibility index (Phi) is 4.16. The van der Waals surface area contributed by atoms with E-state index >= 15 is 0 Å². The van der Waals surface area contributed by atoms with E-state index < -0.39 is 0 Å². The van der Waals surface area contributed by atoms with Crippen LogP contribution in [0.1, 0.15) is 32.6 Å². The molecule has 2 fully saturated rings. The Balaban J connectivity index is 1.78. The lowest BCUT2D eigenvalue weighted by molar-refractivity contribution is 0.104. The molecule has 0 aromatic heterocycles. The van der Waals surface area contributed by atoms with E-state index in [2.05, 4.69) is 9.80 Å². The number of nitrogens with two attached hydrogens (primary N) is 1. The number of nitrogens with zero attached hydrogens (tertiary/aromatic N) is 2. The van der Waals surface area contributed by atoms with Crippen molar-refractivity contribution in [3.63, 3.8) is 0 Å². The average molecular weight is 241 g/mol. The van der Waals surface area contributed by atoms with E-state index in [1.807, 2.05) is 6.92 Å². The van der Waals surface area contributed by atoms with Crippen LogP contribution in [0.3, 0.4) is 0 Å². The number of thiocarbonyl (C=S) groups is 1. The third-order valence-electron chi connectivity index (χ3n) is 4.02. The molecule has 0 spiro atoms. The van der Waals surface area contributed by atoms with Gasteiger partial charge in [0, 0.05) is 38.3 Å². The fraction of sp³-hybridized carbons (Fsp3) is 0.917. The Hall–Kier alpha value is -0.190. The van der Waals surface area contributed by atoms with Crippen LogP contribution in [0.15, 0.2) is 0 Å². The predicted molar refractivity (Wildman–Crippen MR) is 71.6 cm³/mol. The van der Waals surface area contributed by atoms with Crippen molar-refractivity contribution in [1.82, 2.24) is 9.80 Å². The van der Waals surface area contributed by atoms with Crippen LogP contribution in [-0.2, 0) is 0 Å². The van der Waals surface area contributed by atoms with E-state index in [1.54, 1.807) is 0 Å². The molecule has 1 saturated heterocycles. The van der Waals surface area contributed by atoms with E-state index in [0.717, 1.165) is 24.1 Å². The second-order valence-corrected chi connectivity index (χ2v) is 5.70. The van der Waals surface area contributed by atoms with Crippen molar-refractivity contribution in [2.45, 2.75) is 44.7 Å². The van der Waals surface area contributed by atoms with E-state index in [1.165, 1.54) is 38.8 Å². The van der Waals surface area contributed by atoms with Crippen molar-refractivity contribution in [1.29, 1.82) is 0 Å². The highest BCUT2D eigenvalue weighted by Gasteiger charge is 2.26. The van der Waals surface area contributed by atoms with Crippen molar-refractivity contribution >= 4 is 17.2 Å². The maximum absolute atomic E-state index is 5.94. The van der Waals surface area contributed by atoms with Crippen molar-refractivity contribution in [2.75, 3.05) is 26.2 Å². The summed E-state index contributed by atoms with van der Waals surface area (Å²) in [5.74, 6) is 0. The largest absolute Gasteiger partial charge is 0.364 e. The van der Waals surface area contributed by atoms with Gasteiger partial charge in [-0.1, -0.05) is 12.2 Å². The van der Waals surface area contributed by atoms with Gasteiger partial charge in [-0.05, 0) is 32.6 Å². The summed E-state index contributed by atoms with van der Waals surface area (Å²) in [6.45, 7) is 6.60. The third-order valence-corrected chi connectivity index (χ3v) is 4.28. The van der Waals surface area contributed by atoms with E-state index in [9.17, 15) is 0 Å². The lowest BCUT2D eigenvalue weighted by Crippen LogP contribution is -2.52. The molecule has 0 radical (unpaired) electrons. The maximum Gasteiger partial charge on any atom is 0.0748 e. The quantitative estimate of drug-likeness (QED) is 0.700. The summed E-state index contributed by atoms with van der Waals surface area (Å²) in [5.41, 5.74) is 5.94. The van der Waals surface area contributed by atoms with Crippen LogP contribution >= 0.6 is 12.2 Å². The average Bonchev–Trinajstić information content (AvgIpc) is 2.30. The minimum atomic E-state index is 0.459. The van der Waals surface area contributed by atoms with Gasteiger partial charge in [-0.15, -0.1) is 0 Å². The summed E-state index contributed by atoms with van der Waals surface area (Å²) in [7, 11) is 0. The number of piperazine rings is 1. The van der Waals surface area contributed by atoms with Crippen molar-refractivity contribution < 1.29 is 0 Å². The Labute approximate surface area is 104 Å². The molecule has 3 nitrogen and oxygen atoms in total. The molecule has 2 N–H and O–H groups in total. The van der Waals surface area contributed by atoms with E-state index in [4.69, 9.17) is 18.0 Å². The molecule has 4 heteroatoms. The molecule has 2 aliphatic rings. The smallest absolute Gasteiger partial charge is 0.0748 e. The molecule has 1 aliphatic heterocycles. The fourth-order valence-electron chi connectivity index (χ4n) is 2.87. The summed E-state index contributed by atoms with van der Waals surface area (Å²) in [5, 5.41) is 0. The minimum Gasteiger partial charge on any atom is -0.364 e. The topological polar surface area (TPSA) is 32.5 Å². The molecule has 0 atom stereocenters. The SMILES string of the molecule is CC(=S)N1CCN(C2CCC(N)CC2)CC1. The summed E-state index contributed by atoms with van der Waals surface area (Å²) < 4.78 is 0.